The van der Waals surface area contributed by atoms with Crippen LogP contribution in [0.3, 0.4) is 0 Å². The molecule has 0 radical (unpaired) electrons. The maximum Gasteiger partial charge on any atom is 0.106 e. The molecule has 4 heteroatoms. The number of hydrogen-bond acceptors (Lipinski definition) is 2. The number of benzene rings is 1. The molecule has 0 amide bonds. The van der Waals surface area contributed by atoms with Gasteiger partial charge in [0.15, 0.2) is 0 Å². The van der Waals surface area contributed by atoms with Gasteiger partial charge in [-0.05, 0) is 55.2 Å². The third-order valence-corrected chi connectivity index (χ3v) is 5.14. The minimum Gasteiger partial charge on any atom is -0.389 e. The summed E-state index contributed by atoms with van der Waals surface area (Å²) < 4.78 is 0. The van der Waals surface area contributed by atoms with Crippen LogP contribution in [0.2, 0.25) is 5.02 Å². The maximum absolute atomic E-state index is 6.06. The normalized spacial score (nSPS) is 28.6. The summed E-state index contributed by atoms with van der Waals surface area (Å²) in [6.07, 6.45) is 5.66. The van der Waals surface area contributed by atoms with Crippen LogP contribution in [0.1, 0.15) is 31.2 Å². The third-order valence-electron chi connectivity index (χ3n) is 4.69. The van der Waals surface area contributed by atoms with Crippen LogP contribution < -0.4 is 11.1 Å². The number of hydrogen-bond donors (Lipinski definition) is 2. The summed E-state index contributed by atoms with van der Waals surface area (Å²) in [6.45, 7) is 1.01. The van der Waals surface area contributed by atoms with Crippen LogP contribution in [0.5, 0.6) is 0 Å². The predicted molar refractivity (Wildman–Crippen MR) is 84.8 cm³/mol. The molecule has 2 bridgehead atoms. The maximum atomic E-state index is 6.06. The second-order valence-electron chi connectivity index (χ2n) is 5.87. The summed E-state index contributed by atoms with van der Waals surface area (Å²) in [7, 11) is 0. The van der Waals surface area contributed by atoms with Crippen molar-refractivity contribution in [3.05, 3.63) is 28.8 Å². The van der Waals surface area contributed by atoms with E-state index in [4.69, 9.17) is 29.6 Å². The van der Waals surface area contributed by atoms with E-state index < -0.39 is 0 Å². The second-order valence-corrected chi connectivity index (χ2v) is 6.75. The number of halogens is 1. The Kier molecular flexibility index (Phi) is 3.68. The Morgan fingerprint density at radius 2 is 2.21 bits per heavy atom. The molecule has 1 aromatic rings. The fraction of sp³-hybridized carbons (Fsp3) is 0.533. The fourth-order valence-corrected chi connectivity index (χ4v) is 4.10. The molecular weight excluding hydrogens is 276 g/mol. The van der Waals surface area contributed by atoms with Crippen LogP contribution in [0.25, 0.3) is 0 Å². The zero-order valence-electron chi connectivity index (χ0n) is 10.9. The van der Waals surface area contributed by atoms with Crippen molar-refractivity contribution in [2.45, 2.75) is 25.7 Å². The van der Waals surface area contributed by atoms with Gasteiger partial charge in [0.05, 0.1) is 0 Å². The molecular formula is C15H19ClN2S. The Morgan fingerprint density at radius 1 is 1.37 bits per heavy atom. The highest BCUT2D eigenvalue weighted by Crippen LogP contribution is 2.48. The Balaban J connectivity index is 1.69. The number of thiocarbonyl (C=S) groups is 1. The van der Waals surface area contributed by atoms with Crippen LogP contribution in [0.4, 0.5) is 5.69 Å². The SMILES string of the molecule is NC(=S)c1ccc(Cl)cc1NCC1CC2CCC1C2. The van der Waals surface area contributed by atoms with Gasteiger partial charge in [-0.25, -0.2) is 0 Å². The van der Waals surface area contributed by atoms with Crippen LogP contribution in [0, 0.1) is 17.8 Å². The van der Waals surface area contributed by atoms with E-state index in [0.717, 1.165) is 40.6 Å². The first-order valence-corrected chi connectivity index (χ1v) is 7.75. The molecule has 0 saturated heterocycles. The molecule has 3 rings (SSSR count). The van der Waals surface area contributed by atoms with Gasteiger partial charge in [0.1, 0.15) is 4.99 Å². The van der Waals surface area contributed by atoms with Gasteiger partial charge < -0.3 is 11.1 Å². The standard InChI is InChI=1S/C15H19ClN2S/c16-12-3-4-13(15(17)19)14(7-12)18-8-11-6-9-1-2-10(11)5-9/h3-4,7,9-11,18H,1-2,5-6,8H2,(H2,17,19). The average Bonchev–Trinajstić information content (AvgIpc) is 2.98. The van der Waals surface area contributed by atoms with Gasteiger partial charge in [0.25, 0.3) is 0 Å². The van der Waals surface area contributed by atoms with Crippen molar-refractivity contribution in [2.24, 2.45) is 23.5 Å². The van der Waals surface area contributed by atoms with Gasteiger partial charge in [-0.3, -0.25) is 0 Å². The molecule has 0 aliphatic heterocycles. The Bertz CT molecular complexity index is 503. The van der Waals surface area contributed by atoms with Crippen molar-refractivity contribution in [1.29, 1.82) is 0 Å². The lowest BCUT2D eigenvalue weighted by Crippen LogP contribution is -2.21. The topological polar surface area (TPSA) is 38.0 Å². The summed E-state index contributed by atoms with van der Waals surface area (Å²) in [5, 5.41) is 4.23. The molecule has 102 valence electrons. The number of nitrogens with two attached hydrogens (primary N) is 1. The molecule has 2 saturated carbocycles. The molecule has 2 nitrogen and oxygen atoms in total. The predicted octanol–water partition coefficient (Wildman–Crippen LogP) is 3.82. The lowest BCUT2D eigenvalue weighted by molar-refractivity contribution is 0.348. The molecule has 0 aromatic heterocycles. The van der Waals surface area contributed by atoms with Crippen molar-refractivity contribution >= 4 is 34.5 Å². The van der Waals surface area contributed by atoms with Crippen molar-refractivity contribution in [1.82, 2.24) is 0 Å². The lowest BCUT2D eigenvalue weighted by Gasteiger charge is -2.23. The van der Waals surface area contributed by atoms with E-state index in [0.29, 0.717) is 4.99 Å². The highest BCUT2D eigenvalue weighted by atomic mass is 35.5. The first-order chi connectivity index (χ1) is 9.13. The van der Waals surface area contributed by atoms with Gasteiger partial charge >= 0.3 is 0 Å². The van der Waals surface area contributed by atoms with Crippen molar-refractivity contribution in [3.63, 3.8) is 0 Å². The summed E-state index contributed by atoms with van der Waals surface area (Å²) in [4.78, 5) is 0.423. The minimum absolute atomic E-state index is 0.423. The molecule has 2 aliphatic rings. The van der Waals surface area contributed by atoms with E-state index >= 15 is 0 Å². The van der Waals surface area contributed by atoms with E-state index in [1.54, 1.807) is 0 Å². The first kappa shape index (κ1) is 13.2. The quantitative estimate of drug-likeness (QED) is 0.829. The average molecular weight is 295 g/mol. The first-order valence-electron chi connectivity index (χ1n) is 6.96. The Morgan fingerprint density at radius 3 is 2.84 bits per heavy atom. The highest BCUT2D eigenvalue weighted by Gasteiger charge is 2.39. The highest BCUT2D eigenvalue weighted by molar-refractivity contribution is 7.80. The summed E-state index contributed by atoms with van der Waals surface area (Å²) in [6, 6.07) is 5.65. The van der Waals surface area contributed by atoms with E-state index in [9.17, 15) is 0 Å². The molecule has 2 aliphatic carbocycles. The molecule has 2 fully saturated rings. The molecule has 1 aromatic carbocycles. The van der Waals surface area contributed by atoms with Crippen molar-refractivity contribution in [3.8, 4) is 0 Å². The second kappa shape index (κ2) is 5.29. The number of anilines is 1. The Labute approximate surface area is 124 Å². The van der Waals surface area contributed by atoms with E-state index in [2.05, 4.69) is 5.32 Å². The van der Waals surface area contributed by atoms with Crippen LogP contribution in [0.15, 0.2) is 18.2 Å². The monoisotopic (exact) mass is 294 g/mol. The van der Waals surface area contributed by atoms with E-state index in [1.165, 1.54) is 25.7 Å². The smallest absolute Gasteiger partial charge is 0.106 e. The molecule has 19 heavy (non-hydrogen) atoms. The van der Waals surface area contributed by atoms with Gasteiger partial charge in [0.2, 0.25) is 0 Å². The van der Waals surface area contributed by atoms with E-state index in [1.807, 2.05) is 18.2 Å². The number of fused-ring (bicyclic) bond motifs is 2. The molecule has 3 atom stereocenters. The van der Waals surface area contributed by atoms with Gasteiger partial charge in [0, 0.05) is 22.8 Å². The van der Waals surface area contributed by atoms with Crippen molar-refractivity contribution < 1.29 is 0 Å². The van der Waals surface area contributed by atoms with Crippen LogP contribution >= 0.6 is 23.8 Å². The van der Waals surface area contributed by atoms with Gasteiger partial charge in [-0.2, -0.15) is 0 Å². The largest absolute Gasteiger partial charge is 0.389 e. The summed E-state index contributed by atoms with van der Waals surface area (Å²) in [5.41, 5.74) is 7.62. The third kappa shape index (κ3) is 2.72. The van der Waals surface area contributed by atoms with Gasteiger partial charge in [-0.1, -0.05) is 30.2 Å². The molecule has 3 N–H and O–H groups in total. The zero-order chi connectivity index (χ0) is 13.4. The summed E-state index contributed by atoms with van der Waals surface area (Å²) >= 11 is 11.1. The van der Waals surface area contributed by atoms with Crippen molar-refractivity contribution in [2.75, 3.05) is 11.9 Å². The van der Waals surface area contributed by atoms with Gasteiger partial charge in [-0.15, -0.1) is 0 Å². The molecule has 0 heterocycles. The summed E-state index contributed by atoms with van der Waals surface area (Å²) in [5.74, 6) is 2.70. The fourth-order valence-electron chi connectivity index (χ4n) is 3.75. The number of nitrogens with one attached hydrogen (secondary N) is 1. The molecule has 0 spiro atoms. The molecule has 3 unspecified atom stereocenters. The van der Waals surface area contributed by atoms with Crippen LogP contribution in [-0.4, -0.2) is 11.5 Å². The minimum atomic E-state index is 0.423. The van der Waals surface area contributed by atoms with E-state index in [-0.39, 0.29) is 0 Å². The lowest BCUT2D eigenvalue weighted by atomic mass is 9.89. The number of rotatable bonds is 4. The zero-order valence-corrected chi connectivity index (χ0v) is 12.4. The van der Waals surface area contributed by atoms with Crippen LogP contribution in [-0.2, 0) is 0 Å². The Hall–Kier alpha value is -0.800.